The van der Waals surface area contributed by atoms with Gasteiger partial charge >= 0.3 is 0 Å². The standard InChI is InChI=1S/C17H18O/c1-2-3-7-13-9-6-10-15-12-14-8-4-5-11-16(14)18-17(13)15/h4-6,8-11H,2-3,7,12H2,1H3. The topological polar surface area (TPSA) is 9.23 Å². The minimum atomic E-state index is 0.992. The zero-order chi connectivity index (χ0) is 12.4. The van der Waals surface area contributed by atoms with E-state index in [0.717, 1.165) is 24.3 Å². The van der Waals surface area contributed by atoms with Crippen LogP contribution in [-0.4, -0.2) is 0 Å². The highest BCUT2D eigenvalue weighted by Crippen LogP contribution is 2.38. The van der Waals surface area contributed by atoms with Crippen LogP contribution in [0, 0.1) is 0 Å². The Morgan fingerprint density at radius 2 is 1.83 bits per heavy atom. The van der Waals surface area contributed by atoms with E-state index in [2.05, 4.69) is 43.3 Å². The summed E-state index contributed by atoms with van der Waals surface area (Å²) in [6.45, 7) is 2.23. The average Bonchev–Trinajstić information content (AvgIpc) is 2.43. The molecule has 0 unspecified atom stereocenters. The second-order valence-electron chi connectivity index (χ2n) is 4.90. The fourth-order valence-corrected chi connectivity index (χ4v) is 2.54. The molecule has 0 aromatic heterocycles. The quantitative estimate of drug-likeness (QED) is 0.641. The lowest BCUT2D eigenvalue weighted by Gasteiger charge is -2.22. The van der Waals surface area contributed by atoms with Crippen LogP contribution >= 0.6 is 0 Å². The molecular weight excluding hydrogens is 220 g/mol. The summed E-state index contributed by atoms with van der Waals surface area (Å²) in [6, 6.07) is 14.9. The second kappa shape index (κ2) is 4.85. The first-order valence-corrected chi connectivity index (χ1v) is 6.75. The molecule has 1 heterocycles. The van der Waals surface area contributed by atoms with Gasteiger partial charge in [-0.2, -0.15) is 0 Å². The second-order valence-corrected chi connectivity index (χ2v) is 4.90. The van der Waals surface area contributed by atoms with Gasteiger partial charge in [0.25, 0.3) is 0 Å². The maximum Gasteiger partial charge on any atom is 0.134 e. The van der Waals surface area contributed by atoms with E-state index in [-0.39, 0.29) is 0 Å². The smallest absolute Gasteiger partial charge is 0.134 e. The summed E-state index contributed by atoms with van der Waals surface area (Å²) < 4.78 is 6.11. The molecule has 1 aliphatic heterocycles. The third-order valence-corrected chi connectivity index (χ3v) is 3.54. The van der Waals surface area contributed by atoms with E-state index in [1.165, 1.54) is 29.5 Å². The molecule has 1 aliphatic rings. The lowest BCUT2D eigenvalue weighted by atomic mass is 9.96. The Bertz CT molecular complexity index is 557. The van der Waals surface area contributed by atoms with E-state index in [1.54, 1.807) is 0 Å². The summed E-state index contributed by atoms with van der Waals surface area (Å²) in [5, 5.41) is 0. The predicted octanol–water partition coefficient (Wildman–Crippen LogP) is 4.73. The van der Waals surface area contributed by atoms with Crippen LogP contribution in [0.1, 0.15) is 36.5 Å². The van der Waals surface area contributed by atoms with Gasteiger partial charge in [0.05, 0.1) is 0 Å². The number of fused-ring (bicyclic) bond motifs is 2. The summed E-state index contributed by atoms with van der Waals surface area (Å²) >= 11 is 0. The molecule has 0 fully saturated rings. The number of para-hydroxylation sites is 2. The molecule has 1 heteroatoms. The van der Waals surface area contributed by atoms with Crippen LogP contribution < -0.4 is 4.74 Å². The Kier molecular flexibility index (Phi) is 3.06. The van der Waals surface area contributed by atoms with Gasteiger partial charge in [-0.05, 0) is 35.6 Å². The van der Waals surface area contributed by atoms with Crippen molar-refractivity contribution in [3.05, 3.63) is 59.2 Å². The predicted molar refractivity (Wildman–Crippen MR) is 74.4 cm³/mol. The fourth-order valence-electron chi connectivity index (χ4n) is 2.54. The van der Waals surface area contributed by atoms with E-state index in [1.807, 2.05) is 6.07 Å². The minimum Gasteiger partial charge on any atom is -0.456 e. The molecule has 2 aromatic rings. The van der Waals surface area contributed by atoms with Crippen LogP contribution in [0.2, 0.25) is 0 Å². The third kappa shape index (κ3) is 2.01. The Hall–Kier alpha value is -1.76. The molecule has 0 saturated carbocycles. The zero-order valence-corrected chi connectivity index (χ0v) is 10.8. The molecule has 0 radical (unpaired) electrons. The van der Waals surface area contributed by atoms with Crippen molar-refractivity contribution in [1.29, 1.82) is 0 Å². The van der Waals surface area contributed by atoms with Crippen molar-refractivity contribution in [3.63, 3.8) is 0 Å². The van der Waals surface area contributed by atoms with E-state index in [0.29, 0.717) is 0 Å². The Morgan fingerprint density at radius 3 is 2.72 bits per heavy atom. The lowest BCUT2D eigenvalue weighted by Crippen LogP contribution is -2.05. The first-order chi connectivity index (χ1) is 8.88. The number of unbranched alkanes of at least 4 members (excludes halogenated alkanes) is 1. The number of aryl methyl sites for hydroxylation is 1. The summed E-state index contributed by atoms with van der Waals surface area (Å²) in [5.41, 5.74) is 3.96. The van der Waals surface area contributed by atoms with E-state index in [4.69, 9.17) is 4.74 Å². The zero-order valence-electron chi connectivity index (χ0n) is 10.8. The summed E-state index contributed by atoms with van der Waals surface area (Å²) in [6.07, 6.45) is 4.55. The summed E-state index contributed by atoms with van der Waals surface area (Å²) in [4.78, 5) is 0. The van der Waals surface area contributed by atoms with Crippen molar-refractivity contribution in [3.8, 4) is 11.5 Å². The van der Waals surface area contributed by atoms with Crippen LogP contribution in [-0.2, 0) is 12.8 Å². The molecule has 3 rings (SSSR count). The van der Waals surface area contributed by atoms with Crippen molar-refractivity contribution in [1.82, 2.24) is 0 Å². The first-order valence-electron chi connectivity index (χ1n) is 6.75. The Labute approximate surface area is 108 Å². The fraction of sp³-hybridized carbons (Fsp3) is 0.294. The monoisotopic (exact) mass is 238 g/mol. The Morgan fingerprint density at radius 1 is 1.00 bits per heavy atom. The SMILES string of the molecule is CCCCc1cccc2c1Oc1ccccc1C2. The molecule has 1 nitrogen and oxygen atoms in total. The van der Waals surface area contributed by atoms with Crippen LogP contribution in [0.15, 0.2) is 42.5 Å². The Balaban J connectivity index is 1.97. The van der Waals surface area contributed by atoms with Gasteiger partial charge in [0, 0.05) is 6.42 Å². The summed E-state index contributed by atoms with van der Waals surface area (Å²) in [5.74, 6) is 2.12. The van der Waals surface area contributed by atoms with Gasteiger partial charge in [0.15, 0.2) is 0 Å². The van der Waals surface area contributed by atoms with E-state index >= 15 is 0 Å². The summed E-state index contributed by atoms with van der Waals surface area (Å²) in [7, 11) is 0. The van der Waals surface area contributed by atoms with Crippen LogP contribution in [0.4, 0.5) is 0 Å². The molecule has 18 heavy (non-hydrogen) atoms. The average molecular weight is 238 g/mol. The number of rotatable bonds is 3. The van der Waals surface area contributed by atoms with Crippen molar-refractivity contribution >= 4 is 0 Å². The van der Waals surface area contributed by atoms with Crippen molar-refractivity contribution < 1.29 is 4.74 Å². The largest absolute Gasteiger partial charge is 0.456 e. The van der Waals surface area contributed by atoms with Crippen LogP contribution in [0.3, 0.4) is 0 Å². The maximum atomic E-state index is 6.11. The highest BCUT2D eigenvalue weighted by Gasteiger charge is 2.18. The molecule has 0 bridgehead atoms. The first kappa shape index (κ1) is 11.3. The molecular formula is C17H18O. The number of hydrogen-bond acceptors (Lipinski definition) is 1. The number of hydrogen-bond donors (Lipinski definition) is 0. The van der Waals surface area contributed by atoms with Crippen molar-refractivity contribution in [2.24, 2.45) is 0 Å². The minimum absolute atomic E-state index is 0.992. The van der Waals surface area contributed by atoms with Crippen LogP contribution in [0.25, 0.3) is 0 Å². The molecule has 0 spiro atoms. The normalized spacial score (nSPS) is 12.5. The molecule has 0 atom stereocenters. The molecule has 0 saturated heterocycles. The van der Waals surface area contributed by atoms with Crippen molar-refractivity contribution in [2.75, 3.05) is 0 Å². The van der Waals surface area contributed by atoms with Gasteiger partial charge in [-0.15, -0.1) is 0 Å². The highest BCUT2D eigenvalue weighted by atomic mass is 16.5. The molecule has 92 valence electrons. The van der Waals surface area contributed by atoms with E-state index < -0.39 is 0 Å². The van der Waals surface area contributed by atoms with Gasteiger partial charge in [0.1, 0.15) is 11.5 Å². The third-order valence-electron chi connectivity index (χ3n) is 3.54. The number of benzene rings is 2. The molecule has 2 aromatic carbocycles. The van der Waals surface area contributed by atoms with Crippen molar-refractivity contribution in [2.45, 2.75) is 32.6 Å². The van der Waals surface area contributed by atoms with Gasteiger partial charge in [-0.25, -0.2) is 0 Å². The van der Waals surface area contributed by atoms with E-state index in [9.17, 15) is 0 Å². The lowest BCUT2D eigenvalue weighted by molar-refractivity contribution is 0.453. The van der Waals surface area contributed by atoms with Gasteiger partial charge in [0.2, 0.25) is 0 Å². The van der Waals surface area contributed by atoms with Gasteiger partial charge in [-0.1, -0.05) is 49.7 Å². The van der Waals surface area contributed by atoms with Gasteiger partial charge < -0.3 is 4.74 Å². The van der Waals surface area contributed by atoms with Gasteiger partial charge in [-0.3, -0.25) is 0 Å². The highest BCUT2D eigenvalue weighted by molar-refractivity contribution is 5.53. The molecule has 0 aliphatic carbocycles. The number of ether oxygens (including phenoxy) is 1. The molecule has 0 amide bonds. The molecule has 0 N–H and O–H groups in total. The maximum absolute atomic E-state index is 6.11. The van der Waals surface area contributed by atoms with Crippen LogP contribution in [0.5, 0.6) is 11.5 Å².